The predicted molar refractivity (Wildman–Crippen MR) is 102 cm³/mol. The van der Waals surface area contributed by atoms with Crippen molar-refractivity contribution in [3.05, 3.63) is 65.7 Å². The van der Waals surface area contributed by atoms with E-state index in [1.165, 1.54) is 18.2 Å². The van der Waals surface area contributed by atoms with Crippen LogP contribution in [0.5, 0.6) is 0 Å². The average Bonchev–Trinajstić information content (AvgIpc) is 3.09. The molecule has 0 amide bonds. The smallest absolute Gasteiger partial charge is 0.238 e. The highest BCUT2D eigenvalue weighted by Crippen LogP contribution is 2.50. The summed E-state index contributed by atoms with van der Waals surface area (Å²) >= 11 is 0. The molecule has 0 spiro atoms. The molecule has 0 bridgehead atoms. The number of fused-ring (bicyclic) bond motifs is 3. The first kappa shape index (κ1) is 18.2. The number of nitrogens with two attached hydrogens (primary N) is 2. The summed E-state index contributed by atoms with van der Waals surface area (Å²) in [7, 11) is -7.51. The van der Waals surface area contributed by atoms with Gasteiger partial charge in [0, 0.05) is 11.6 Å². The molecule has 0 aromatic heterocycles. The van der Waals surface area contributed by atoms with Gasteiger partial charge in [0.05, 0.1) is 15.8 Å². The lowest BCUT2D eigenvalue weighted by atomic mass is 9.77. The van der Waals surface area contributed by atoms with Gasteiger partial charge in [-0.1, -0.05) is 24.3 Å². The van der Waals surface area contributed by atoms with Crippen molar-refractivity contribution in [2.75, 3.05) is 5.32 Å². The quantitative estimate of drug-likeness (QED) is 0.670. The van der Waals surface area contributed by atoms with Crippen molar-refractivity contribution in [3.8, 4) is 0 Å². The Hall–Kier alpha value is -2.20. The van der Waals surface area contributed by atoms with Crippen molar-refractivity contribution in [1.29, 1.82) is 0 Å². The van der Waals surface area contributed by atoms with Crippen LogP contribution in [0.2, 0.25) is 0 Å². The molecule has 1 heterocycles. The summed E-state index contributed by atoms with van der Waals surface area (Å²) in [4.78, 5) is 0.166. The topological polar surface area (TPSA) is 132 Å². The number of allylic oxidation sites excluding steroid dienone is 2. The van der Waals surface area contributed by atoms with Gasteiger partial charge in [-0.2, -0.15) is 0 Å². The Labute approximate surface area is 158 Å². The molecular formula is C18H19N3O4S2. The third kappa shape index (κ3) is 3.27. The van der Waals surface area contributed by atoms with E-state index in [2.05, 4.69) is 17.5 Å². The Morgan fingerprint density at radius 2 is 1.52 bits per heavy atom. The maximum absolute atomic E-state index is 11.7. The van der Waals surface area contributed by atoms with E-state index in [9.17, 15) is 16.8 Å². The fourth-order valence-electron chi connectivity index (χ4n) is 3.94. The standard InChI is InChI=1S/C18H19N3O4S2/c19-26(22,23)12-6-4-11(5-7-12)18-15-3-1-2-14(15)16-10-13(27(20,24)25)8-9-17(16)21-18/h1-2,4-10,14-15,18,21H,3H2,(H2,19,22,23)(H2,20,24,25)/t14-,15+,18+/m0/s1. The third-order valence-electron chi connectivity index (χ3n) is 5.23. The molecule has 2 aliphatic rings. The second-order valence-corrected chi connectivity index (χ2v) is 10.0. The molecule has 27 heavy (non-hydrogen) atoms. The predicted octanol–water partition coefficient (Wildman–Crippen LogP) is 1.81. The zero-order valence-corrected chi connectivity index (χ0v) is 15.9. The molecule has 0 saturated heterocycles. The van der Waals surface area contributed by atoms with E-state index < -0.39 is 20.0 Å². The lowest BCUT2D eigenvalue weighted by Crippen LogP contribution is -2.29. The van der Waals surface area contributed by atoms with Gasteiger partial charge in [-0.15, -0.1) is 0 Å². The van der Waals surface area contributed by atoms with E-state index in [-0.39, 0.29) is 27.7 Å². The molecule has 7 nitrogen and oxygen atoms in total. The third-order valence-corrected chi connectivity index (χ3v) is 7.07. The summed E-state index contributed by atoms with van der Waals surface area (Å²) in [5.41, 5.74) is 2.69. The van der Waals surface area contributed by atoms with E-state index in [0.29, 0.717) is 0 Å². The van der Waals surface area contributed by atoms with Crippen LogP contribution in [0.15, 0.2) is 64.4 Å². The Kier molecular flexibility index (Phi) is 4.15. The number of rotatable bonds is 3. The molecule has 5 N–H and O–H groups in total. The first-order valence-electron chi connectivity index (χ1n) is 8.37. The van der Waals surface area contributed by atoms with Crippen LogP contribution in [-0.4, -0.2) is 16.8 Å². The molecule has 0 saturated carbocycles. The highest BCUT2D eigenvalue weighted by molar-refractivity contribution is 7.89. The number of nitrogens with one attached hydrogen (secondary N) is 1. The minimum absolute atomic E-state index is 0.0348. The molecule has 0 unspecified atom stereocenters. The van der Waals surface area contributed by atoms with Gasteiger partial charge in [0.25, 0.3) is 0 Å². The number of sulfonamides is 2. The summed E-state index contributed by atoms with van der Waals surface area (Å²) in [6.45, 7) is 0. The summed E-state index contributed by atoms with van der Waals surface area (Å²) < 4.78 is 46.3. The average molecular weight is 406 g/mol. The highest BCUT2D eigenvalue weighted by atomic mass is 32.2. The zero-order chi connectivity index (χ0) is 19.4. The number of hydrogen-bond donors (Lipinski definition) is 3. The zero-order valence-electron chi connectivity index (χ0n) is 14.2. The van der Waals surface area contributed by atoms with Crippen LogP contribution in [0, 0.1) is 5.92 Å². The van der Waals surface area contributed by atoms with E-state index in [1.807, 2.05) is 0 Å². The molecule has 1 aliphatic carbocycles. The van der Waals surface area contributed by atoms with E-state index in [4.69, 9.17) is 10.3 Å². The summed E-state index contributed by atoms with van der Waals surface area (Å²) in [5, 5.41) is 13.9. The number of hydrogen-bond acceptors (Lipinski definition) is 5. The van der Waals surface area contributed by atoms with E-state index >= 15 is 0 Å². The van der Waals surface area contributed by atoms with Crippen LogP contribution in [0.3, 0.4) is 0 Å². The van der Waals surface area contributed by atoms with Gasteiger partial charge < -0.3 is 5.32 Å². The largest absolute Gasteiger partial charge is 0.378 e. The lowest BCUT2D eigenvalue weighted by Gasteiger charge is -2.37. The molecule has 0 radical (unpaired) electrons. The van der Waals surface area contributed by atoms with Crippen LogP contribution in [-0.2, 0) is 20.0 Å². The van der Waals surface area contributed by atoms with Gasteiger partial charge in [-0.3, -0.25) is 0 Å². The maximum atomic E-state index is 11.7. The number of benzene rings is 2. The molecule has 142 valence electrons. The fourth-order valence-corrected chi connectivity index (χ4v) is 5.01. The molecule has 0 fully saturated rings. The summed E-state index contributed by atoms with van der Waals surface area (Å²) in [6, 6.07) is 11.3. The molecule has 2 aromatic carbocycles. The van der Waals surface area contributed by atoms with Gasteiger partial charge in [0.1, 0.15) is 0 Å². The number of primary sulfonamides is 2. The highest BCUT2D eigenvalue weighted by Gasteiger charge is 2.38. The van der Waals surface area contributed by atoms with E-state index in [0.717, 1.165) is 23.2 Å². The first-order valence-corrected chi connectivity index (χ1v) is 11.5. The number of anilines is 1. The van der Waals surface area contributed by atoms with Crippen molar-refractivity contribution in [1.82, 2.24) is 0 Å². The van der Waals surface area contributed by atoms with Gasteiger partial charge in [0.15, 0.2) is 0 Å². The van der Waals surface area contributed by atoms with Gasteiger partial charge in [0.2, 0.25) is 20.0 Å². The SMILES string of the molecule is NS(=O)(=O)c1ccc([C@H]2Nc3ccc(S(N)(=O)=O)cc3[C@H]3C=CC[C@H]32)cc1. The van der Waals surface area contributed by atoms with Crippen molar-refractivity contribution in [3.63, 3.8) is 0 Å². The van der Waals surface area contributed by atoms with Crippen molar-refractivity contribution < 1.29 is 16.8 Å². The van der Waals surface area contributed by atoms with Crippen molar-refractivity contribution >= 4 is 25.7 Å². The molecule has 9 heteroatoms. The van der Waals surface area contributed by atoms with Crippen LogP contribution in [0.1, 0.15) is 29.5 Å². The van der Waals surface area contributed by atoms with Crippen LogP contribution < -0.4 is 15.6 Å². The van der Waals surface area contributed by atoms with Crippen molar-refractivity contribution in [2.24, 2.45) is 16.2 Å². The summed E-state index contributed by atoms with van der Waals surface area (Å²) in [6.07, 6.45) is 5.00. The molecule has 1 aliphatic heterocycles. The Balaban J connectivity index is 1.74. The normalized spacial score (nSPS) is 24.1. The second kappa shape index (κ2) is 6.16. The van der Waals surface area contributed by atoms with Crippen LogP contribution >= 0.6 is 0 Å². The monoisotopic (exact) mass is 405 g/mol. The fraction of sp³-hybridized carbons (Fsp3) is 0.222. The Bertz CT molecular complexity index is 1140. The molecule has 4 rings (SSSR count). The van der Waals surface area contributed by atoms with Crippen LogP contribution in [0.25, 0.3) is 0 Å². The molecule has 2 aromatic rings. The minimum atomic E-state index is -3.77. The minimum Gasteiger partial charge on any atom is -0.378 e. The first-order chi connectivity index (χ1) is 12.6. The molecular weight excluding hydrogens is 386 g/mol. The van der Waals surface area contributed by atoms with Gasteiger partial charge in [-0.05, 0) is 53.8 Å². The molecule has 3 atom stereocenters. The lowest BCUT2D eigenvalue weighted by molar-refractivity contribution is 0.425. The van der Waals surface area contributed by atoms with Crippen molar-refractivity contribution in [2.45, 2.75) is 28.2 Å². The summed E-state index contributed by atoms with van der Waals surface area (Å²) in [5.74, 6) is 0.249. The Morgan fingerprint density at radius 3 is 2.15 bits per heavy atom. The maximum Gasteiger partial charge on any atom is 0.238 e. The van der Waals surface area contributed by atoms with E-state index in [1.54, 1.807) is 24.3 Å². The van der Waals surface area contributed by atoms with Crippen LogP contribution in [0.4, 0.5) is 5.69 Å². The Morgan fingerprint density at radius 1 is 0.889 bits per heavy atom. The van der Waals surface area contributed by atoms with Gasteiger partial charge in [-0.25, -0.2) is 27.1 Å². The van der Waals surface area contributed by atoms with Gasteiger partial charge >= 0.3 is 0 Å². The second-order valence-electron chi connectivity index (χ2n) is 6.88.